The number of aliphatic carboxylic acids is 1. The fourth-order valence-corrected chi connectivity index (χ4v) is 1.73. The van der Waals surface area contributed by atoms with Crippen molar-refractivity contribution in [3.05, 3.63) is 0 Å². The molecule has 18 heavy (non-hydrogen) atoms. The van der Waals surface area contributed by atoms with Crippen LogP contribution in [0.1, 0.15) is 12.8 Å². The monoisotopic (exact) mass is 280 g/mol. The van der Waals surface area contributed by atoms with Crippen LogP contribution in [0.4, 0.5) is 4.79 Å². The summed E-state index contributed by atoms with van der Waals surface area (Å²) in [6, 6.07) is -1.51. The predicted octanol–water partition coefficient (Wildman–Crippen LogP) is -0.456. The number of hydrogen-bond donors (Lipinski definition) is 3. The zero-order valence-electron chi connectivity index (χ0n) is 10.6. The standard InChI is InChI=1S/C10H20N2O5S/c1-17-6-4-8(9(13)14)12-10(15)11-5-3-7-18(2)16/h8H,3-7H2,1-2H3,(H,13,14)(H2,11,12,15). The van der Waals surface area contributed by atoms with E-state index in [4.69, 9.17) is 9.84 Å². The molecule has 0 radical (unpaired) electrons. The van der Waals surface area contributed by atoms with Crippen LogP contribution in [-0.2, 0) is 20.3 Å². The Morgan fingerprint density at radius 1 is 1.44 bits per heavy atom. The molecule has 0 heterocycles. The number of carbonyl (C=O) groups is 2. The van der Waals surface area contributed by atoms with E-state index in [0.29, 0.717) is 18.7 Å². The molecule has 7 nitrogen and oxygen atoms in total. The van der Waals surface area contributed by atoms with Crippen molar-refractivity contribution >= 4 is 22.8 Å². The fraction of sp³-hybridized carbons (Fsp3) is 0.800. The molecule has 0 aromatic rings. The molecule has 0 bridgehead atoms. The summed E-state index contributed by atoms with van der Waals surface area (Å²) in [5.74, 6) is -0.594. The number of carbonyl (C=O) groups excluding carboxylic acids is 1. The van der Waals surface area contributed by atoms with E-state index in [1.807, 2.05) is 0 Å². The molecule has 0 rings (SSSR count). The maximum atomic E-state index is 11.4. The average Bonchev–Trinajstić information content (AvgIpc) is 2.29. The lowest BCUT2D eigenvalue weighted by molar-refractivity contribution is -0.139. The topological polar surface area (TPSA) is 105 Å². The quantitative estimate of drug-likeness (QED) is 0.496. The molecule has 2 atom stereocenters. The van der Waals surface area contributed by atoms with Crippen molar-refractivity contribution in [1.82, 2.24) is 10.6 Å². The second-order valence-corrected chi connectivity index (χ2v) is 5.26. The number of methoxy groups -OCH3 is 1. The minimum Gasteiger partial charge on any atom is -0.480 e. The maximum Gasteiger partial charge on any atom is 0.326 e. The Bertz CT molecular complexity index is 298. The molecule has 106 valence electrons. The largest absolute Gasteiger partial charge is 0.480 e. The lowest BCUT2D eigenvalue weighted by atomic mass is 10.2. The molecule has 2 amide bonds. The molecular weight excluding hydrogens is 260 g/mol. The number of carboxylic acid groups (broad SMARTS) is 1. The molecule has 8 heteroatoms. The Morgan fingerprint density at radius 2 is 2.11 bits per heavy atom. The average molecular weight is 280 g/mol. The molecule has 0 saturated carbocycles. The van der Waals surface area contributed by atoms with Gasteiger partial charge in [-0.2, -0.15) is 0 Å². The molecule has 0 aliphatic heterocycles. The van der Waals surface area contributed by atoms with Crippen molar-refractivity contribution in [2.75, 3.05) is 32.3 Å². The van der Waals surface area contributed by atoms with Gasteiger partial charge in [-0.05, 0) is 6.42 Å². The van der Waals surface area contributed by atoms with E-state index < -0.39 is 28.8 Å². The highest BCUT2D eigenvalue weighted by Crippen LogP contribution is 1.93. The van der Waals surface area contributed by atoms with Gasteiger partial charge in [-0.1, -0.05) is 0 Å². The first-order valence-electron chi connectivity index (χ1n) is 5.53. The summed E-state index contributed by atoms with van der Waals surface area (Å²) in [5, 5.41) is 13.7. The van der Waals surface area contributed by atoms with Crippen LogP contribution in [0.25, 0.3) is 0 Å². The number of carboxylic acids is 1. The van der Waals surface area contributed by atoms with Crippen LogP contribution in [0, 0.1) is 0 Å². The van der Waals surface area contributed by atoms with Crippen LogP contribution in [-0.4, -0.2) is 59.6 Å². The Hall–Kier alpha value is -1.15. The number of nitrogens with one attached hydrogen (secondary N) is 2. The van der Waals surface area contributed by atoms with E-state index >= 15 is 0 Å². The van der Waals surface area contributed by atoms with Crippen molar-refractivity contribution in [1.29, 1.82) is 0 Å². The van der Waals surface area contributed by atoms with Gasteiger partial charge in [0.1, 0.15) is 6.04 Å². The number of ether oxygens (including phenoxy) is 1. The predicted molar refractivity (Wildman–Crippen MR) is 68.0 cm³/mol. The van der Waals surface area contributed by atoms with Crippen molar-refractivity contribution in [2.24, 2.45) is 0 Å². The third kappa shape index (κ3) is 8.94. The lowest BCUT2D eigenvalue weighted by Gasteiger charge is -2.14. The fourth-order valence-electron chi connectivity index (χ4n) is 1.18. The molecular formula is C10H20N2O5S. The van der Waals surface area contributed by atoms with Gasteiger partial charge in [0, 0.05) is 49.5 Å². The van der Waals surface area contributed by atoms with Gasteiger partial charge in [-0.25, -0.2) is 9.59 Å². The van der Waals surface area contributed by atoms with Crippen LogP contribution >= 0.6 is 0 Å². The summed E-state index contributed by atoms with van der Waals surface area (Å²) in [5.41, 5.74) is 0. The SMILES string of the molecule is COCCC(NC(=O)NCCCS(C)=O)C(=O)O. The zero-order valence-corrected chi connectivity index (χ0v) is 11.4. The molecule has 0 fully saturated rings. The highest BCUT2D eigenvalue weighted by atomic mass is 32.2. The first-order valence-corrected chi connectivity index (χ1v) is 7.26. The first kappa shape index (κ1) is 16.9. The van der Waals surface area contributed by atoms with Gasteiger partial charge in [-0.15, -0.1) is 0 Å². The molecule has 0 aromatic carbocycles. The number of hydrogen-bond acceptors (Lipinski definition) is 4. The summed E-state index contributed by atoms with van der Waals surface area (Å²) in [4.78, 5) is 22.2. The molecule has 2 unspecified atom stereocenters. The Labute approximate surface area is 109 Å². The van der Waals surface area contributed by atoms with Gasteiger partial charge < -0.3 is 20.5 Å². The smallest absolute Gasteiger partial charge is 0.326 e. The van der Waals surface area contributed by atoms with Crippen molar-refractivity contribution in [3.8, 4) is 0 Å². The van der Waals surface area contributed by atoms with Crippen LogP contribution in [0.5, 0.6) is 0 Å². The van der Waals surface area contributed by atoms with Crippen molar-refractivity contribution < 1.29 is 23.6 Å². The molecule has 0 aromatic heterocycles. The molecule has 0 aliphatic carbocycles. The summed E-state index contributed by atoms with van der Waals surface area (Å²) in [7, 11) is 0.577. The second kappa shape index (κ2) is 9.84. The summed E-state index contributed by atoms with van der Waals surface area (Å²) < 4.78 is 15.5. The molecule has 0 aliphatic rings. The van der Waals surface area contributed by atoms with Gasteiger partial charge in [0.05, 0.1) is 0 Å². The Morgan fingerprint density at radius 3 is 2.61 bits per heavy atom. The van der Waals surface area contributed by atoms with E-state index in [0.717, 1.165) is 0 Å². The third-order valence-corrected chi connectivity index (χ3v) is 2.97. The summed E-state index contributed by atoms with van der Waals surface area (Å²) in [6.45, 7) is 0.619. The zero-order chi connectivity index (χ0) is 14.0. The van der Waals surface area contributed by atoms with Crippen LogP contribution < -0.4 is 10.6 Å². The van der Waals surface area contributed by atoms with Crippen LogP contribution in [0.15, 0.2) is 0 Å². The van der Waals surface area contributed by atoms with E-state index in [-0.39, 0.29) is 13.0 Å². The molecule has 0 saturated heterocycles. The Balaban J connectivity index is 3.87. The highest BCUT2D eigenvalue weighted by molar-refractivity contribution is 7.84. The van der Waals surface area contributed by atoms with Gasteiger partial charge >= 0.3 is 12.0 Å². The first-order chi connectivity index (χ1) is 8.47. The van der Waals surface area contributed by atoms with Crippen LogP contribution in [0.3, 0.4) is 0 Å². The van der Waals surface area contributed by atoms with E-state index in [1.165, 1.54) is 7.11 Å². The minimum atomic E-state index is -1.10. The van der Waals surface area contributed by atoms with E-state index in [1.54, 1.807) is 6.26 Å². The van der Waals surface area contributed by atoms with Crippen molar-refractivity contribution in [2.45, 2.75) is 18.9 Å². The Kier molecular flexibility index (Phi) is 9.21. The molecule has 3 N–H and O–H groups in total. The van der Waals surface area contributed by atoms with Gasteiger partial charge in [-0.3, -0.25) is 4.21 Å². The van der Waals surface area contributed by atoms with Gasteiger partial charge in [0.2, 0.25) is 0 Å². The lowest BCUT2D eigenvalue weighted by Crippen LogP contribution is -2.46. The number of urea groups is 1. The number of rotatable bonds is 9. The number of amides is 2. The van der Waals surface area contributed by atoms with Crippen molar-refractivity contribution in [3.63, 3.8) is 0 Å². The maximum absolute atomic E-state index is 11.4. The van der Waals surface area contributed by atoms with E-state index in [9.17, 15) is 13.8 Å². The normalized spacial score (nSPS) is 13.7. The minimum absolute atomic E-state index is 0.207. The van der Waals surface area contributed by atoms with Gasteiger partial charge in [0.25, 0.3) is 0 Å². The second-order valence-electron chi connectivity index (χ2n) is 3.70. The highest BCUT2D eigenvalue weighted by Gasteiger charge is 2.18. The van der Waals surface area contributed by atoms with E-state index in [2.05, 4.69) is 10.6 Å². The van der Waals surface area contributed by atoms with Crippen LogP contribution in [0.2, 0.25) is 0 Å². The molecule has 0 spiro atoms. The van der Waals surface area contributed by atoms with Gasteiger partial charge in [0.15, 0.2) is 0 Å². The summed E-state index contributed by atoms with van der Waals surface area (Å²) >= 11 is 0. The summed E-state index contributed by atoms with van der Waals surface area (Å²) in [6.07, 6.45) is 2.38. The third-order valence-electron chi connectivity index (χ3n) is 2.11.